The molecule has 0 fully saturated rings. The minimum Gasteiger partial charge on any atom is -0.399 e. The summed E-state index contributed by atoms with van der Waals surface area (Å²) in [5.74, 6) is -0.112. The van der Waals surface area contributed by atoms with Crippen molar-refractivity contribution in [1.29, 1.82) is 0 Å². The smallest absolute Gasteiger partial charge is 0.251 e. The largest absolute Gasteiger partial charge is 0.399 e. The number of nitrogens with one attached hydrogen (secondary N) is 1. The van der Waals surface area contributed by atoms with E-state index in [2.05, 4.69) is 5.32 Å². The molecule has 0 bridgehead atoms. The normalized spacial score (nSPS) is 11.8. The third kappa shape index (κ3) is 2.88. The molecule has 1 amide bonds. The van der Waals surface area contributed by atoms with Gasteiger partial charge in [-0.2, -0.15) is 0 Å². The Morgan fingerprint density at radius 2 is 1.83 bits per heavy atom. The van der Waals surface area contributed by atoms with Crippen molar-refractivity contribution in [2.45, 2.75) is 13.0 Å². The van der Waals surface area contributed by atoms with Crippen molar-refractivity contribution < 1.29 is 4.79 Å². The van der Waals surface area contributed by atoms with Crippen molar-refractivity contribution in [2.75, 3.05) is 5.73 Å². The minimum absolute atomic E-state index is 0.0277. The van der Waals surface area contributed by atoms with Crippen LogP contribution >= 0.6 is 0 Å². The standard InChI is InChI=1S/C15H16N2O/c1-11(12-6-3-2-4-7-12)17-15(18)13-8-5-9-14(16)10-13/h2-11H,16H2,1H3,(H,17,18)/t11-/m0/s1. The summed E-state index contributed by atoms with van der Waals surface area (Å²) in [6, 6.07) is 16.8. The van der Waals surface area contributed by atoms with Gasteiger partial charge in [-0.05, 0) is 30.7 Å². The zero-order valence-corrected chi connectivity index (χ0v) is 10.3. The molecule has 0 heterocycles. The summed E-state index contributed by atoms with van der Waals surface area (Å²) in [7, 11) is 0. The number of nitrogens with two attached hydrogens (primary N) is 1. The number of anilines is 1. The summed E-state index contributed by atoms with van der Waals surface area (Å²) in [5, 5.41) is 2.95. The molecule has 0 saturated carbocycles. The Morgan fingerprint density at radius 3 is 2.50 bits per heavy atom. The molecule has 0 unspecified atom stereocenters. The zero-order valence-electron chi connectivity index (χ0n) is 10.3. The van der Waals surface area contributed by atoms with Crippen LogP contribution in [0.25, 0.3) is 0 Å². The van der Waals surface area contributed by atoms with E-state index >= 15 is 0 Å². The van der Waals surface area contributed by atoms with Gasteiger partial charge >= 0.3 is 0 Å². The molecule has 1 atom stereocenters. The first-order valence-corrected chi connectivity index (χ1v) is 5.88. The number of hydrogen-bond acceptors (Lipinski definition) is 2. The van der Waals surface area contributed by atoms with Crippen molar-refractivity contribution >= 4 is 11.6 Å². The van der Waals surface area contributed by atoms with Gasteiger partial charge in [-0.1, -0.05) is 36.4 Å². The first kappa shape index (κ1) is 12.2. The molecule has 3 heteroatoms. The SMILES string of the molecule is C[C@H](NC(=O)c1cccc(N)c1)c1ccccc1. The second-order valence-corrected chi connectivity index (χ2v) is 4.23. The van der Waals surface area contributed by atoms with Gasteiger partial charge in [-0.15, -0.1) is 0 Å². The summed E-state index contributed by atoms with van der Waals surface area (Å²) in [5.41, 5.74) is 7.91. The van der Waals surface area contributed by atoms with Crippen LogP contribution in [-0.4, -0.2) is 5.91 Å². The Labute approximate surface area is 107 Å². The highest BCUT2D eigenvalue weighted by molar-refractivity contribution is 5.95. The van der Waals surface area contributed by atoms with Gasteiger partial charge < -0.3 is 11.1 Å². The lowest BCUT2D eigenvalue weighted by atomic mass is 10.1. The highest BCUT2D eigenvalue weighted by Crippen LogP contribution is 2.13. The number of carbonyl (C=O) groups is 1. The Kier molecular flexibility index (Phi) is 3.63. The van der Waals surface area contributed by atoms with Gasteiger partial charge in [0.2, 0.25) is 0 Å². The van der Waals surface area contributed by atoms with E-state index in [0.29, 0.717) is 11.3 Å². The Hall–Kier alpha value is -2.29. The van der Waals surface area contributed by atoms with E-state index in [9.17, 15) is 4.79 Å². The molecule has 2 rings (SSSR count). The summed E-state index contributed by atoms with van der Waals surface area (Å²) in [4.78, 5) is 12.0. The van der Waals surface area contributed by atoms with Crippen molar-refractivity contribution in [3.8, 4) is 0 Å². The van der Waals surface area contributed by atoms with Crippen LogP contribution in [0.15, 0.2) is 54.6 Å². The van der Waals surface area contributed by atoms with Crippen LogP contribution in [0.1, 0.15) is 28.9 Å². The van der Waals surface area contributed by atoms with Gasteiger partial charge in [0, 0.05) is 11.3 Å². The molecule has 0 aliphatic carbocycles. The zero-order chi connectivity index (χ0) is 13.0. The molecule has 0 aliphatic rings. The van der Waals surface area contributed by atoms with Crippen LogP contribution < -0.4 is 11.1 Å². The molecule has 3 N–H and O–H groups in total. The number of benzene rings is 2. The van der Waals surface area contributed by atoms with Crippen molar-refractivity contribution in [3.05, 3.63) is 65.7 Å². The van der Waals surface area contributed by atoms with Crippen molar-refractivity contribution in [2.24, 2.45) is 0 Å². The maximum atomic E-state index is 12.0. The molecule has 0 spiro atoms. The van der Waals surface area contributed by atoms with Crippen LogP contribution in [0.4, 0.5) is 5.69 Å². The average molecular weight is 240 g/mol. The van der Waals surface area contributed by atoms with Gasteiger partial charge in [-0.3, -0.25) is 4.79 Å². The predicted molar refractivity (Wildman–Crippen MR) is 73.2 cm³/mol. The lowest BCUT2D eigenvalue weighted by Gasteiger charge is -2.14. The van der Waals surface area contributed by atoms with Gasteiger partial charge in [0.15, 0.2) is 0 Å². The van der Waals surface area contributed by atoms with E-state index in [-0.39, 0.29) is 11.9 Å². The first-order chi connectivity index (χ1) is 8.66. The van der Waals surface area contributed by atoms with Crippen LogP contribution in [0.2, 0.25) is 0 Å². The van der Waals surface area contributed by atoms with E-state index < -0.39 is 0 Å². The van der Waals surface area contributed by atoms with E-state index in [1.165, 1.54) is 0 Å². The predicted octanol–water partition coefficient (Wildman–Crippen LogP) is 2.76. The quantitative estimate of drug-likeness (QED) is 0.810. The van der Waals surface area contributed by atoms with Gasteiger partial charge in [0.25, 0.3) is 5.91 Å². The van der Waals surface area contributed by atoms with Crippen molar-refractivity contribution in [3.63, 3.8) is 0 Å². The van der Waals surface area contributed by atoms with E-state index in [0.717, 1.165) is 5.56 Å². The number of rotatable bonds is 3. The fourth-order valence-electron chi connectivity index (χ4n) is 1.78. The Morgan fingerprint density at radius 1 is 1.11 bits per heavy atom. The molecule has 0 saturated heterocycles. The highest BCUT2D eigenvalue weighted by atomic mass is 16.1. The third-order valence-electron chi connectivity index (χ3n) is 2.80. The summed E-state index contributed by atoms with van der Waals surface area (Å²) >= 11 is 0. The van der Waals surface area contributed by atoms with Crippen LogP contribution in [0.5, 0.6) is 0 Å². The molecule has 0 radical (unpaired) electrons. The first-order valence-electron chi connectivity index (χ1n) is 5.88. The number of amides is 1. The molecule has 0 aromatic heterocycles. The Balaban J connectivity index is 2.08. The lowest BCUT2D eigenvalue weighted by molar-refractivity contribution is 0.0940. The maximum Gasteiger partial charge on any atom is 0.251 e. The number of carbonyl (C=O) groups excluding carboxylic acids is 1. The second-order valence-electron chi connectivity index (χ2n) is 4.23. The summed E-state index contributed by atoms with van der Waals surface area (Å²) in [6.45, 7) is 1.96. The minimum atomic E-state index is -0.112. The average Bonchev–Trinajstić information content (AvgIpc) is 2.39. The molecule has 3 nitrogen and oxygen atoms in total. The lowest BCUT2D eigenvalue weighted by Crippen LogP contribution is -2.26. The monoisotopic (exact) mass is 240 g/mol. The van der Waals surface area contributed by atoms with Crippen LogP contribution in [0, 0.1) is 0 Å². The number of hydrogen-bond donors (Lipinski definition) is 2. The summed E-state index contributed by atoms with van der Waals surface area (Å²) < 4.78 is 0. The fourth-order valence-corrected chi connectivity index (χ4v) is 1.78. The highest BCUT2D eigenvalue weighted by Gasteiger charge is 2.10. The number of nitrogen functional groups attached to an aromatic ring is 1. The van der Waals surface area contributed by atoms with Gasteiger partial charge in [-0.25, -0.2) is 0 Å². The molecular formula is C15H16N2O. The fraction of sp³-hybridized carbons (Fsp3) is 0.133. The van der Waals surface area contributed by atoms with Gasteiger partial charge in [0.05, 0.1) is 6.04 Å². The van der Waals surface area contributed by atoms with Crippen LogP contribution in [-0.2, 0) is 0 Å². The molecule has 92 valence electrons. The maximum absolute atomic E-state index is 12.0. The molecule has 2 aromatic carbocycles. The topological polar surface area (TPSA) is 55.1 Å². The molecule has 0 aliphatic heterocycles. The molecule has 2 aromatic rings. The van der Waals surface area contributed by atoms with Crippen LogP contribution in [0.3, 0.4) is 0 Å². The second kappa shape index (κ2) is 5.36. The Bertz CT molecular complexity index is 537. The van der Waals surface area contributed by atoms with E-state index in [1.54, 1.807) is 24.3 Å². The van der Waals surface area contributed by atoms with Crippen molar-refractivity contribution in [1.82, 2.24) is 5.32 Å². The van der Waals surface area contributed by atoms with Gasteiger partial charge in [0.1, 0.15) is 0 Å². The van der Waals surface area contributed by atoms with E-state index in [1.807, 2.05) is 37.3 Å². The molecule has 18 heavy (non-hydrogen) atoms. The molecular weight excluding hydrogens is 224 g/mol. The third-order valence-corrected chi connectivity index (χ3v) is 2.80. The van der Waals surface area contributed by atoms with E-state index in [4.69, 9.17) is 5.73 Å². The summed E-state index contributed by atoms with van der Waals surface area (Å²) in [6.07, 6.45) is 0.